The van der Waals surface area contributed by atoms with Crippen LogP contribution in [0.25, 0.3) is 0 Å². The van der Waals surface area contributed by atoms with Gasteiger partial charge in [-0.15, -0.1) is 11.8 Å². The van der Waals surface area contributed by atoms with E-state index in [1.807, 2.05) is 31.2 Å². The molecule has 3 rings (SSSR count). The zero-order valence-corrected chi connectivity index (χ0v) is 25.9. The third kappa shape index (κ3) is 7.70. The zero-order valence-electron chi connectivity index (χ0n) is 25.1. The minimum atomic E-state index is -4.57. The van der Waals surface area contributed by atoms with Crippen LogP contribution in [0.5, 0.6) is 0 Å². The summed E-state index contributed by atoms with van der Waals surface area (Å²) in [5.41, 5.74) is -1.97. The number of likely N-dealkylation sites (N-methyl/N-ethyl adjacent to an activating group) is 1. The summed E-state index contributed by atoms with van der Waals surface area (Å²) in [6.07, 6.45) is -6.88. The van der Waals surface area contributed by atoms with Gasteiger partial charge in [0.2, 0.25) is 0 Å². The molecule has 1 fully saturated rings. The molecule has 3 aliphatic rings. The predicted octanol–water partition coefficient (Wildman–Crippen LogP) is 5.05. The molecular weight excluding hydrogens is 559 g/mol. The van der Waals surface area contributed by atoms with Crippen LogP contribution in [0.3, 0.4) is 0 Å². The molecule has 0 amide bonds. The first-order valence-corrected chi connectivity index (χ1v) is 15.3. The lowest BCUT2D eigenvalue weighted by Gasteiger charge is -2.37. The van der Waals surface area contributed by atoms with Gasteiger partial charge in [-0.05, 0) is 42.4 Å². The number of aliphatic hydroxyl groups excluding tert-OH is 3. The Balaban J connectivity index is 1.97. The molecule has 0 bridgehead atoms. The number of ether oxygens (including phenoxy) is 1. The molecule has 8 atom stereocenters. The smallest absolute Gasteiger partial charge is 0.412 e. The van der Waals surface area contributed by atoms with Crippen LogP contribution in [-0.2, 0) is 14.3 Å². The molecule has 3 unspecified atom stereocenters. The maximum atomic E-state index is 14.2. The summed E-state index contributed by atoms with van der Waals surface area (Å²) < 4.78 is 48.3. The van der Waals surface area contributed by atoms with Gasteiger partial charge in [-0.2, -0.15) is 13.2 Å². The number of fused-ring (bicyclic) bond motifs is 1. The molecule has 0 aromatic rings. The first-order chi connectivity index (χ1) is 18.8. The minimum Gasteiger partial charge on any atom is -0.461 e. The van der Waals surface area contributed by atoms with Crippen LogP contribution in [0.2, 0.25) is 0 Å². The molecule has 2 aliphatic heterocycles. The fraction of sp³-hybridized carbons (Fsp3) is 0.800. The number of nitrogens with zero attached hydrogens (tertiary/aromatic N) is 1. The molecule has 0 aromatic heterocycles. The summed E-state index contributed by atoms with van der Waals surface area (Å²) in [6, 6.07) is 0. The number of hydrogen-bond donors (Lipinski definition) is 3. The second-order valence-electron chi connectivity index (χ2n) is 13.4. The average molecular weight is 606 g/mol. The predicted molar refractivity (Wildman–Crippen MR) is 151 cm³/mol. The van der Waals surface area contributed by atoms with Crippen LogP contribution in [0.4, 0.5) is 13.2 Å². The van der Waals surface area contributed by atoms with E-state index in [0.29, 0.717) is 12.8 Å². The number of alkyl halides is 3. The minimum absolute atomic E-state index is 0.0689. The van der Waals surface area contributed by atoms with Crippen molar-refractivity contribution in [3.8, 4) is 0 Å². The molecule has 0 aromatic carbocycles. The van der Waals surface area contributed by atoms with Crippen LogP contribution in [-0.4, -0.2) is 75.5 Å². The van der Waals surface area contributed by atoms with Crippen molar-refractivity contribution >= 4 is 23.5 Å². The number of allylic oxidation sites excluding steroid dienone is 2. The summed E-state index contributed by atoms with van der Waals surface area (Å²) in [5.74, 6) is -2.93. The van der Waals surface area contributed by atoms with Crippen LogP contribution in [0, 0.1) is 34.5 Å². The van der Waals surface area contributed by atoms with Crippen molar-refractivity contribution < 1.29 is 42.8 Å². The molecule has 3 N–H and O–H groups in total. The number of rotatable bonds is 4. The highest BCUT2D eigenvalue weighted by molar-refractivity contribution is 8.02. The Morgan fingerprint density at radius 1 is 1.15 bits per heavy atom. The average Bonchev–Trinajstić information content (AvgIpc) is 3.57. The fourth-order valence-corrected chi connectivity index (χ4v) is 7.15. The number of carbonyl (C=O) groups is 2. The van der Waals surface area contributed by atoms with E-state index in [9.17, 15) is 38.1 Å². The van der Waals surface area contributed by atoms with Crippen molar-refractivity contribution in [3.63, 3.8) is 0 Å². The molecule has 234 valence electrons. The van der Waals surface area contributed by atoms with Crippen LogP contribution in [0.1, 0.15) is 73.6 Å². The van der Waals surface area contributed by atoms with Crippen molar-refractivity contribution in [2.75, 3.05) is 13.7 Å². The lowest BCUT2D eigenvalue weighted by atomic mass is 9.72. The normalized spacial score (nSPS) is 37.1. The van der Waals surface area contributed by atoms with Gasteiger partial charge in [0, 0.05) is 36.1 Å². The van der Waals surface area contributed by atoms with Gasteiger partial charge < -0.3 is 25.0 Å². The Kier molecular flexibility index (Phi) is 10.4. The van der Waals surface area contributed by atoms with Gasteiger partial charge in [-0.3, -0.25) is 9.59 Å². The first-order valence-electron chi connectivity index (χ1n) is 14.4. The number of thioether (sulfide) groups is 1. The maximum absolute atomic E-state index is 14.2. The summed E-state index contributed by atoms with van der Waals surface area (Å²) in [4.78, 5) is 28.4. The Bertz CT molecular complexity index is 1040. The van der Waals surface area contributed by atoms with Crippen molar-refractivity contribution in [3.05, 3.63) is 22.8 Å². The van der Waals surface area contributed by atoms with E-state index in [4.69, 9.17) is 4.74 Å². The quantitative estimate of drug-likeness (QED) is 0.302. The number of hydrogen-bond acceptors (Lipinski definition) is 8. The molecule has 0 spiro atoms. The first kappa shape index (κ1) is 33.9. The maximum Gasteiger partial charge on any atom is 0.412 e. The van der Waals surface area contributed by atoms with Crippen LogP contribution in [0.15, 0.2) is 22.8 Å². The summed E-state index contributed by atoms with van der Waals surface area (Å²) >= 11 is 1.44. The number of ketones is 1. The summed E-state index contributed by atoms with van der Waals surface area (Å²) in [5, 5.41) is 33.3. The topological polar surface area (TPSA) is 107 Å². The van der Waals surface area contributed by atoms with Gasteiger partial charge in [0.1, 0.15) is 17.3 Å². The van der Waals surface area contributed by atoms with E-state index >= 15 is 0 Å². The standard InChI is InChI=1S/C30H46F3NO6S/c1-16-21-11-18(21)10-19(30(31,32)33)8-9-23(28(3,4)13-20-15-41-24(14-35)34(20)7)40-25(37)12-22(36)29(5,6)27(39)17(2)26(16)38/h8,15-18,21-24,26,35-36,38H,9-14H2,1-7H3/b19-8+/t16-,17+,18?,21?,22-,23-,24?,26-/m0/s1. The van der Waals surface area contributed by atoms with E-state index in [1.54, 1.807) is 13.8 Å². The third-order valence-corrected chi connectivity index (χ3v) is 10.7. The largest absolute Gasteiger partial charge is 0.461 e. The summed E-state index contributed by atoms with van der Waals surface area (Å²) in [7, 11) is 1.83. The van der Waals surface area contributed by atoms with Gasteiger partial charge in [-0.1, -0.05) is 47.6 Å². The Hall–Kier alpha value is -1.56. The van der Waals surface area contributed by atoms with E-state index in [0.717, 1.165) is 11.8 Å². The number of cyclic esters (lactones) is 1. The highest BCUT2D eigenvalue weighted by Gasteiger charge is 2.50. The second kappa shape index (κ2) is 12.6. The molecular formula is C30H46F3NO6S. The molecule has 1 aliphatic carbocycles. The lowest BCUT2D eigenvalue weighted by Crippen LogP contribution is -2.46. The van der Waals surface area contributed by atoms with Crippen LogP contribution < -0.4 is 0 Å². The number of esters is 1. The van der Waals surface area contributed by atoms with Crippen molar-refractivity contribution in [2.24, 2.45) is 34.5 Å². The molecule has 41 heavy (non-hydrogen) atoms. The number of Topliss-reactive ketones (excluding diaryl/α,β-unsaturated/α-hetero) is 1. The zero-order chi connectivity index (χ0) is 31.1. The van der Waals surface area contributed by atoms with E-state index in [2.05, 4.69) is 0 Å². The number of halogens is 3. The Morgan fingerprint density at radius 3 is 2.34 bits per heavy atom. The number of aliphatic hydroxyl groups is 3. The van der Waals surface area contributed by atoms with Gasteiger partial charge in [0.15, 0.2) is 0 Å². The van der Waals surface area contributed by atoms with E-state index in [1.165, 1.54) is 25.6 Å². The highest BCUT2D eigenvalue weighted by atomic mass is 32.2. The molecule has 7 nitrogen and oxygen atoms in total. The SMILES string of the molecule is C[C@H]1C(=O)C(C)(C)[C@@H](O)CC(=O)O[C@H](C(C)(C)CC2=CSC(CO)N2C)C/C=C(/C(F)(F)F)CC2CC2[C@H](C)[C@@H]1O. The van der Waals surface area contributed by atoms with E-state index < -0.39 is 70.9 Å². The van der Waals surface area contributed by atoms with Crippen molar-refractivity contribution in [1.29, 1.82) is 0 Å². The van der Waals surface area contributed by atoms with Gasteiger partial charge >= 0.3 is 12.1 Å². The highest BCUT2D eigenvalue weighted by Crippen LogP contribution is 2.52. The second-order valence-corrected chi connectivity index (χ2v) is 14.5. The van der Waals surface area contributed by atoms with Crippen molar-refractivity contribution in [1.82, 2.24) is 4.90 Å². The summed E-state index contributed by atoms with van der Waals surface area (Å²) in [6.45, 7) is 9.95. The Morgan fingerprint density at radius 2 is 1.78 bits per heavy atom. The van der Waals surface area contributed by atoms with Gasteiger partial charge in [0.05, 0.1) is 30.7 Å². The molecule has 2 heterocycles. The number of carbonyl (C=O) groups excluding carboxylic acids is 2. The lowest BCUT2D eigenvalue weighted by molar-refractivity contribution is -0.161. The van der Waals surface area contributed by atoms with Gasteiger partial charge in [-0.25, -0.2) is 0 Å². The monoisotopic (exact) mass is 605 g/mol. The van der Waals surface area contributed by atoms with Crippen LogP contribution >= 0.6 is 11.8 Å². The molecule has 1 saturated carbocycles. The van der Waals surface area contributed by atoms with Crippen molar-refractivity contribution in [2.45, 2.75) is 104 Å². The third-order valence-electron chi connectivity index (χ3n) is 9.55. The van der Waals surface area contributed by atoms with Gasteiger partial charge in [0.25, 0.3) is 0 Å². The fourth-order valence-electron chi connectivity index (χ4n) is 6.19. The van der Waals surface area contributed by atoms with E-state index in [-0.39, 0.29) is 36.7 Å². The molecule has 0 radical (unpaired) electrons. The molecule has 0 saturated heterocycles. The Labute approximate surface area is 245 Å². The molecule has 11 heteroatoms.